The molecule has 6 heterocycles. The number of aryl methyl sites for hydroxylation is 12. The normalized spacial score (nSPS) is 9.06. The standard InChI is InChI=1S/6C13H14N.C12H10.C10H22.C6H6.4C2H6.6H2S/c6*1-11-7-3-4-8-12(11)13-9-5-6-10-14(13)2;1-3-7-11(8-4-1)12-9-5-2-6-10-12;1-3-5-7-9-10-8-6-4-2;1-2-4-6-5-3-1;4*1-2;;;;;;/h6*3-10H,1-2H3;1-10H;3-10H2,1-2H3;1-6H;4*1-2H3;6*1H2/q6*+1;;;;;;;;;;;;;. The molecule has 0 spiro atoms. The average molecular weight is 1800 g/mol. The van der Waals surface area contributed by atoms with E-state index in [0.29, 0.717) is 0 Å². The first kappa shape index (κ1) is 122. The van der Waals surface area contributed by atoms with Crippen LogP contribution in [0, 0.1) is 41.5 Å². The lowest BCUT2D eigenvalue weighted by molar-refractivity contribution is -0.660. The second-order valence-corrected chi connectivity index (χ2v) is 28.1. The molecule has 0 aliphatic rings. The van der Waals surface area contributed by atoms with Crippen LogP contribution in [0.15, 0.2) is 389 Å². The van der Waals surface area contributed by atoms with Crippen molar-refractivity contribution in [2.24, 2.45) is 42.3 Å². The number of unbranched alkanes of at least 4 members (excludes halogenated alkanes) is 7. The summed E-state index contributed by atoms with van der Waals surface area (Å²) in [7, 11) is 12.4. The van der Waals surface area contributed by atoms with Crippen LogP contribution in [0.5, 0.6) is 0 Å². The third-order valence-electron chi connectivity index (χ3n) is 19.4. The summed E-state index contributed by atoms with van der Waals surface area (Å²) in [6.07, 6.45) is 23.9. The third-order valence-corrected chi connectivity index (χ3v) is 19.4. The Bertz CT molecular complexity index is 4150. The van der Waals surface area contributed by atoms with Crippen LogP contribution in [0.25, 0.3) is 78.7 Å². The largest absolute Gasteiger partial charge is 0.212 e. The molecule has 0 N–H and O–H groups in total. The molecule has 0 unspecified atom stereocenters. The number of benzene rings is 9. The topological polar surface area (TPSA) is 23.3 Å². The van der Waals surface area contributed by atoms with E-state index in [1.165, 1.54) is 163 Å². The number of hydrogen-bond acceptors (Lipinski definition) is 0. The maximum atomic E-state index is 2.27. The van der Waals surface area contributed by atoms with Crippen LogP contribution in [0.4, 0.5) is 0 Å². The summed E-state index contributed by atoms with van der Waals surface area (Å²) in [6, 6.07) is 121. The van der Waals surface area contributed by atoms with Crippen LogP contribution in [0.1, 0.15) is 154 Å². The van der Waals surface area contributed by atoms with Gasteiger partial charge >= 0.3 is 0 Å². The number of aromatic nitrogens is 6. The van der Waals surface area contributed by atoms with Crippen LogP contribution in [0.3, 0.4) is 0 Å². The fraction of sp³-hybridized carbons (Fsp3) is 0.263. The summed E-state index contributed by atoms with van der Waals surface area (Å²) in [6.45, 7) is 33.4. The van der Waals surface area contributed by atoms with E-state index < -0.39 is 0 Å². The highest BCUT2D eigenvalue weighted by atomic mass is 32.1. The molecule has 674 valence electrons. The Morgan fingerprint density at radius 3 is 0.429 bits per heavy atom. The summed E-state index contributed by atoms with van der Waals surface area (Å²) in [5, 5.41) is 0. The van der Waals surface area contributed by atoms with Crippen molar-refractivity contribution >= 4 is 81.0 Å². The molecule has 6 aromatic heterocycles. The Balaban J connectivity index is -0.000000657. The fourth-order valence-corrected chi connectivity index (χ4v) is 12.8. The molecule has 0 radical (unpaired) electrons. The quantitative estimate of drug-likeness (QED) is 0.0765. The first-order valence-corrected chi connectivity index (χ1v) is 43.8. The Morgan fingerprint density at radius 1 is 0.159 bits per heavy atom. The molecule has 12 heteroatoms. The maximum absolute atomic E-state index is 2.27. The van der Waals surface area contributed by atoms with Gasteiger partial charge in [0, 0.05) is 106 Å². The number of pyridine rings is 6. The minimum atomic E-state index is 0. The van der Waals surface area contributed by atoms with E-state index in [4.69, 9.17) is 0 Å². The van der Waals surface area contributed by atoms with Crippen LogP contribution >= 0.6 is 81.0 Å². The first-order valence-electron chi connectivity index (χ1n) is 43.8. The molecule has 0 amide bonds. The van der Waals surface area contributed by atoms with Crippen molar-refractivity contribution in [3.8, 4) is 78.7 Å². The fourth-order valence-electron chi connectivity index (χ4n) is 12.8. The molecule has 0 atom stereocenters. The van der Waals surface area contributed by atoms with E-state index in [9.17, 15) is 0 Å². The van der Waals surface area contributed by atoms with E-state index in [1.54, 1.807) is 0 Å². The van der Waals surface area contributed by atoms with Crippen molar-refractivity contribution in [2.75, 3.05) is 0 Å². The van der Waals surface area contributed by atoms with E-state index in [2.05, 4.69) is 429 Å². The zero-order valence-corrected chi connectivity index (χ0v) is 86.3. The number of nitrogens with zero attached hydrogens (tertiary/aromatic N) is 6. The minimum Gasteiger partial charge on any atom is -0.201 e. The van der Waals surface area contributed by atoms with Gasteiger partial charge in [0.05, 0.1) is 0 Å². The van der Waals surface area contributed by atoms with E-state index in [0.717, 1.165) is 0 Å². The summed E-state index contributed by atoms with van der Waals surface area (Å²) in [4.78, 5) is 0. The summed E-state index contributed by atoms with van der Waals surface area (Å²) < 4.78 is 12.8. The maximum Gasteiger partial charge on any atom is 0.212 e. The smallest absolute Gasteiger partial charge is 0.201 e. The van der Waals surface area contributed by atoms with Crippen LogP contribution in [-0.2, 0) is 42.3 Å². The van der Waals surface area contributed by atoms with Crippen LogP contribution in [0.2, 0.25) is 0 Å². The van der Waals surface area contributed by atoms with Gasteiger partial charge in [-0.3, -0.25) is 0 Å². The molecule has 126 heavy (non-hydrogen) atoms. The second-order valence-electron chi connectivity index (χ2n) is 28.1. The van der Waals surface area contributed by atoms with Crippen molar-refractivity contribution < 1.29 is 27.4 Å². The highest BCUT2D eigenvalue weighted by molar-refractivity contribution is 7.60. The molecule has 0 fully saturated rings. The van der Waals surface area contributed by atoms with Gasteiger partial charge in [-0.15, -0.1) is 0 Å². The number of hydrogen-bond donors (Lipinski definition) is 0. The zero-order valence-electron chi connectivity index (χ0n) is 80.3. The number of rotatable bonds is 14. The highest BCUT2D eigenvalue weighted by Gasteiger charge is 2.15. The molecular formula is C114H158N6S6+6. The first-order chi connectivity index (χ1) is 58.6. The van der Waals surface area contributed by atoms with Crippen molar-refractivity contribution in [1.82, 2.24) is 0 Å². The zero-order chi connectivity index (χ0) is 87.9. The van der Waals surface area contributed by atoms with Gasteiger partial charge in [-0.1, -0.05) is 327 Å². The summed E-state index contributed by atoms with van der Waals surface area (Å²) in [5.41, 5.74) is 25.8. The van der Waals surface area contributed by atoms with Gasteiger partial charge in [0.1, 0.15) is 42.3 Å². The van der Waals surface area contributed by atoms with Crippen LogP contribution in [-0.4, -0.2) is 0 Å². The minimum absolute atomic E-state index is 0. The van der Waals surface area contributed by atoms with E-state index >= 15 is 0 Å². The molecule has 0 bridgehead atoms. The van der Waals surface area contributed by atoms with Gasteiger partial charge in [0.2, 0.25) is 34.2 Å². The van der Waals surface area contributed by atoms with Crippen molar-refractivity contribution in [3.05, 3.63) is 422 Å². The summed E-state index contributed by atoms with van der Waals surface area (Å²) >= 11 is 0. The molecule has 6 nitrogen and oxygen atoms in total. The molecule has 0 aliphatic carbocycles. The van der Waals surface area contributed by atoms with Gasteiger partial charge in [-0.2, -0.15) is 81.0 Å². The Kier molecular flexibility index (Phi) is 74.0. The van der Waals surface area contributed by atoms with Crippen LogP contribution < -0.4 is 27.4 Å². The molecule has 9 aromatic carbocycles. The Hall–Kier alpha value is -10.0. The molecule has 0 aliphatic heterocycles. The Labute approximate surface area is 807 Å². The van der Waals surface area contributed by atoms with Crippen molar-refractivity contribution in [2.45, 2.75) is 162 Å². The molecule has 0 saturated carbocycles. The lowest BCUT2D eigenvalue weighted by atomic mass is 10.1. The average Bonchev–Trinajstić information content (AvgIpc) is 0.859. The molecule has 15 rings (SSSR count). The predicted octanol–water partition coefficient (Wildman–Crippen LogP) is 28.9. The van der Waals surface area contributed by atoms with E-state index in [-0.39, 0.29) is 81.0 Å². The molecular weight excluding hydrogens is 1650 g/mol. The van der Waals surface area contributed by atoms with Crippen molar-refractivity contribution in [1.29, 1.82) is 0 Å². The lowest BCUT2D eigenvalue weighted by Crippen LogP contribution is -2.30. The Morgan fingerprint density at radius 2 is 0.286 bits per heavy atom. The van der Waals surface area contributed by atoms with Crippen molar-refractivity contribution in [3.63, 3.8) is 0 Å². The van der Waals surface area contributed by atoms with Gasteiger partial charge in [-0.25, -0.2) is 27.4 Å². The second kappa shape index (κ2) is 76.2. The molecule has 15 aromatic rings. The SMILES string of the molecule is CC.CC.CC.CC.CCCCCCCCCC.Cc1ccccc1-c1cccc[n+]1C.Cc1ccccc1-c1cccc[n+]1C.Cc1ccccc1-c1cccc[n+]1C.Cc1ccccc1-c1cccc[n+]1C.Cc1ccccc1-c1cccc[n+]1C.Cc1ccccc1-c1cccc[n+]1C.S.S.S.S.S.S.c1ccc(-c2ccccc2)cc1.c1ccccc1. The monoisotopic (exact) mass is 1800 g/mol. The van der Waals surface area contributed by atoms with E-state index in [1.807, 2.05) is 140 Å². The predicted molar refractivity (Wildman–Crippen MR) is 581 cm³/mol. The van der Waals surface area contributed by atoms with Gasteiger partial charge in [0.25, 0.3) is 0 Å². The third kappa shape index (κ3) is 45.4. The molecule has 0 saturated heterocycles. The van der Waals surface area contributed by atoms with Gasteiger partial charge < -0.3 is 0 Å². The lowest BCUT2D eigenvalue weighted by Gasteiger charge is -2.02. The van der Waals surface area contributed by atoms with Gasteiger partial charge in [0.15, 0.2) is 37.2 Å². The highest BCUT2D eigenvalue weighted by Crippen LogP contribution is 2.25. The summed E-state index contributed by atoms with van der Waals surface area (Å²) in [5.74, 6) is 0. The van der Waals surface area contributed by atoms with Gasteiger partial charge in [-0.05, 0) is 159 Å².